The van der Waals surface area contributed by atoms with Crippen molar-refractivity contribution in [2.75, 3.05) is 0 Å². The zero-order chi connectivity index (χ0) is 49.6. The number of fused-ring (bicyclic) bond motifs is 2. The minimum Gasteiger partial charge on any atom is -1.00 e. The molecule has 19 heteroatoms. The summed E-state index contributed by atoms with van der Waals surface area (Å²) in [4.78, 5) is 0. The Hall–Kier alpha value is -3.27. The summed E-state index contributed by atoms with van der Waals surface area (Å²) in [6.07, 6.45) is -24.0. The second kappa shape index (κ2) is 21.4. The van der Waals surface area contributed by atoms with Gasteiger partial charge in [-0.15, -0.1) is 69.1 Å². The Morgan fingerprint density at radius 2 is 0.761 bits per heavy atom. The summed E-state index contributed by atoms with van der Waals surface area (Å²) in [7, 11) is 0. The number of aryl methyl sites for hydroxylation is 2. The van der Waals surface area contributed by atoms with E-state index >= 15 is 0 Å². The van der Waals surface area contributed by atoms with Crippen molar-refractivity contribution in [3.63, 3.8) is 0 Å². The van der Waals surface area contributed by atoms with Crippen LogP contribution in [0.3, 0.4) is 0 Å². The van der Waals surface area contributed by atoms with Gasteiger partial charge in [-0.25, -0.2) is 0 Å². The molecule has 0 heterocycles. The number of halogens is 17. The summed E-state index contributed by atoms with van der Waals surface area (Å²) < 4.78 is 193. The molecule has 366 valence electrons. The number of hydrogen-bond donors (Lipinski definition) is 0. The second-order valence-corrected chi connectivity index (χ2v) is 26.2. The molecule has 0 aliphatic rings. The molecule has 0 spiro atoms. The first-order chi connectivity index (χ1) is 29.3. The Kier molecular flexibility index (Phi) is 19.1. The number of rotatable bonds is 4. The largest absolute Gasteiger partial charge is 1.00 e. The van der Waals surface area contributed by atoms with Crippen molar-refractivity contribution < 1.29 is 114 Å². The molecule has 0 amide bonds. The molecular weight excluding hydrogens is 1050 g/mol. The Bertz CT molecular complexity index is 2430. The van der Waals surface area contributed by atoms with Gasteiger partial charge in [-0.2, -0.15) is 63.8 Å². The standard InChI is InChI=1S/2C22H19F6.C4H7F3Si.2ClH.Zr/c2*1-12-18(20(2,3)4)10-13-6-5-7-17(19(12)13)14-8-15(21(23,24)25)11-16(9-14)22(26,27)28;1-8-3-2-4(5,6)7;;;/h2*5-11H,1-4H3;2-3H2,1H3;2*1H;/q2*-1;;;;+2/p-2. The predicted molar refractivity (Wildman–Crippen MR) is 224 cm³/mol. The maximum absolute atomic E-state index is 13.2. The Morgan fingerprint density at radius 3 is 0.970 bits per heavy atom. The topological polar surface area (TPSA) is 0 Å². The average Bonchev–Trinajstić information content (AvgIpc) is 3.69. The third-order valence-corrected chi connectivity index (χ3v) is 13.4. The van der Waals surface area contributed by atoms with Crippen LogP contribution in [-0.2, 0) is 58.9 Å². The third kappa shape index (κ3) is 15.4. The van der Waals surface area contributed by atoms with Crippen LogP contribution in [0.5, 0.6) is 0 Å². The fourth-order valence-corrected chi connectivity index (χ4v) is 9.18. The van der Waals surface area contributed by atoms with Crippen molar-refractivity contribution in [3.05, 3.63) is 129 Å². The molecule has 0 aliphatic heterocycles. The monoisotopic (exact) mass is 1090 g/mol. The molecule has 6 rings (SSSR count). The Balaban J connectivity index is 0.000000380. The molecule has 0 nitrogen and oxygen atoms in total. The first-order valence-electron chi connectivity index (χ1n) is 19.9. The van der Waals surface area contributed by atoms with E-state index in [1.807, 2.05) is 86.2 Å². The van der Waals surface area contributed by atoms with Gasteiger partial charge in [0.1, 0.15) is 0 Å². The molecule has 0 atom stereocenters. The number of benzene rings is 4. The summed E-state index contributed by atoms with van der Waals surface area (Å²) in [6, 6.07) is 17.8. The average molecular weight is 1100 g/mol. The quantitative estimate of drug-likeness (QED) is 0.0938. The van der Waals surface area contributed by atoms with E-state index in [4.69, 9.17) is 0 Å². The molecular formula is C48H45Cl2F15SiZr-2. The molecule has 0 unspecified atom stereocenters. The van der Waals surface area contributed by atoms with E-state index in [0.29, 0.717) is 27.9 Å². The molecule has 67 heavy (non-hydrogen) atoms. The summed E-state index contributed by atoms with van der Waals surface area (Å²) >= 11 is 1.29. The van der Waals surface area contributed by atoms with Gasteiger partial charge < -0.3 is 24.8 Å². The van der Waals surface area contributed by atoms with Crippen molar-refractivity contribution in [2.24, 2.45) is 0 Å². The molecule has 6 aromatic carbocycles. The van der Waals surface area contributed by atoms with Gasteiger partial charge in [0, 0.05) is 0 Å². The fraction of sp³-hybridized carbons (Fsp3) is 0.375. The summed E-state index contributed by atoms with van der Waals surface area (Å²) in [5.74, 6) is 0. The van der Waals surface area contributed by atoms with Crippen molar-refractivity contribution in [2.45, 2.75) is 116 Å². The van der Waals surface area contributed by atoms with Gasteiger partial charge in [0.25, 0.3) is 0 Å². The van der Waals surface area contributed by atoms with Gasteiger partial charge in [-0.3, -0.25) is 0 Å². The zero-order valence-electron chi connectivity index (χ0n) is 37.4. The first kappa shape index (κ1) is 59.9. The molecule has 0 saturated carbocycles. The molecule has 0 aliphatic carbocycles. The fourth-order valence-electron chi connectivity index (χ4n) is 7.60. The number of alkyl halides is 15. The van der Waals surface area contributed by atoms with Crippen LogP contribution < -0.4 is 24.8 Å². The van der Waals surface area contributed by atoms with Gasteiger partial charge in [-0.1, -0.05) is 78.6 Å². The molecule has 0 N–H and O–H groups in total. The van der Waals surface area contributed by atoms with Crippen molar-refractivity contribution in [3.8, 4) is 22.3 Å². The SMILES string of the molecule is C[Si](=[Zr+2])CCC(F)(F)F.Cc1c(C(C)(C)C)[cH-]c2cccc(-c3cc(C(F)(F)F)cc(C(F)(F)F)c3)c12.Cc1c(C(C)(C)C)[cH-]c2cccc(-c3cc(C(F)(F)F)cc(C(F)(F)F)c3)c12.[Cl-].[Cl-]. The van der Waals surface area contributed by atoms with E-state index < -0.39 is 65.0 Å². The van der Waals surface area contributed by atoms with Crippen LogP contribution in [0, 0.1) is 13.8 Å². The van der Waals surface area contributed by atoms with Crippen molar-refractivity contribution in [1.29, 1.82) is 0 Å². The third-order valence-electron chi connectivity index (χ3n) is 10.5. The molecule has 0 aromatic heterocycles. The molecule has 0 fully saturated rings. The predicted octanol–water partition coefficient (Wildman–Crippen LogP) is 11.9. The van der Waals surface area contributed by atoms with E-state index in [2.05, 4.69) is 0 Å². The summed E-state index contributed by atoms with van der Waals surface area (Å²) in [5, 5.41) is 2.96. The van der Waals surface area contributed by atoms with Crippen LogP contribution >= 0.6 is 0 Å². The van der Waals surface area contributed by atoms with Crippen LogP contribution in [0.2, 0.25) is 12.6 Å². The smallest absolute Gasteiger partial charge is 0.416 e. The zero-order valence-corrected chi connectivity index (χ0v) is 42.4. The minimum absolute atomic E-state index is 0. The van der Waals surface area contributed by atoms with E-state index in [-0.39, 0.29) is 58.9 Å². The van der Waals surface area contributed by atoms with Crippen LogP contribution in [0.25, 0.3) is 43.8 Å². The van der Waals surface area contributed by atoms with Crippen LogP contribution in [-0.4, -0.2) is 11.6 Å². The second-order valence-electron chi connectivity index (χ2n) is 17.9. The number of hydrogen-bond acceptors (Lipinski definition) is 0. The first-order valence-corrected chi connectivity index (χ1v) is 25.8. The molecule has 0 bridgehead atoms. The molecule has 0 saturated heterocycles. The summed E-state index contributed by atoms with van der Waals surface area (Å²) in [5.41, 5.74) is -1.96. The van der Waals surface area contributed by atoms with Crippen molar-refractivity contribution in [1.82, 2.24) is 0 Å². The summed E-state index contributed by atoms with van der Waals surface area (Å²) in [6.45, 7) is 17.7. The van der Waals surface area contributed by atoms with Crippen molar-refractivity contribution >= 4 is 27.0 Å². The van der Waals surface area contributed by atoms with Crippen LogP contribution in [0.15, 0.2) is 84.9 Å². The normalized spacial score (nSPS) is 12.7. The van der Waals surface area contributed by atoms with E-state index in [1.165, 1.54) is 23.3 Å². The maximum atomic E-state index is 13.2. The van der Waals surface area contributed by atoms with Crippen LogP contribution in [0.4, 0.5) is 65.9 Å². The van der Waals surface area contributed by atoms with E-state index in [9.17, 15) is 65.9 Å². The molecule has 6 aromatic rings. The van der Waals surface area contributed by atoms with Gasteiger partial charge in [0.2, 0.25) is 0 Å². The van der Waals surface area contributed by atoms with Gasteiger partial charge >= 0.3 is 91.8 Å². The molecule has 0 radical (unpaired) electrons. The Labute approximate surface area is 406 Å². The van der Waals surface area contributed by atoms with Gasteiger partial charge in [0.15, 0.2) is 0 Å². The maximum Gasteiger partial charge on any atom is 0.416 e. The van der Waals surface area contributed by atoms with Gasteiger partial charge in [0.05, 0.1) is 22.3 Å². The van der Waals surface area contributed by atoms with Crippen LogP contribution in [0.1, 0.15) is 92.5 Å². The minimum atomic E-state index is -4.87. The van der Waals surface area contributed by atoms with Gasteiger partial charge in [-0.05, 0) is 58.4 Å². The van der Waals surface area contributed by atoms with E-state index in [1.54, 1.807) is 24.3 Å². The van der Waals surface area contributed by atoms with E-state index in [0.717, 1.165) is 57.3 Å². The Morgan fingerprint density at radius 1 is 0.478 bits per heavy atom.